The van der Waals surface area contributed by atoms with Gasteiger partial charge in [0.15, 0.2) is 5.36 Å². The van der Waals surface area contributed by atoms with Gasteiger partial charge in [0, 0.05) is 12.1 Å². The van der Waals surface area contributed by atoms with Crippen LogP contribution >= 0.6 is 0 Å². The van der Waals surface area contributed by atoms with Crippen LogP contribution in [0.25, 0.3) is 0 Å². The van der Waals surface area contributed by atoms with Crippen LogP contribution in [0.1, 0.15) is 0 Å². The van der Waals surface area contributed by atoms with Crippen LogP contribution < -0.4 is 43.9 Å². The van der Waals surface area contributed by atoms with Crippen LogP contribution in [0, 0.1) is 10.1 Å². The fourth-order valence-electron chi connectivity index (χ4n) is 4.24. The van der Waals surface area contributed by atoms with Gasteiger partial charge in [-0.1, -0.05) is 6.07 Å². The first-order valence-electron chi connectivity index (χ1n) is 14.4. The second kappa shape index (κ2) is 15.0. The van der Waals surface area contributed by atoms with Crippen molar-refractivity contribution < 1.29 is 30.9 Å². The molecule has 0 aliphatic rings. The molecule has 5 aromatic rings. The van der Waals surface area contributed by atoms with E-state index < -0.39 is 56.9 Å². The first kappa shape index (κ1) is 37.2. The SMILES string of the molecule is Nc1cc(N)c(N=Nc2ccc(S(=O)(=O)O)c(N/N=c3\c(=O)cc/c(=N/Nc4ccc([N+](=O)[O-])cc4)c3=O)c2)cc1N=Nc1cccc(S(=O)(=O)O)c1. The lowest BCUT2D eigenvalue weighted by molar-refractivity contribution is -0.384. The summed E-state index contributed by atoms with van der Waals surface area (Å²) >= 11 is 0. The van der Waals surface area contributed by atoms with Gasteiger partial charge in [0.2, 0.25) is 10.9 Å². The summed E-state index contributed by atoms with van der Waals surface area (Å²) in [6.07, 6.45) is 0. The van der Waals surface area contributed by atoms with Gasteiger partial charge < -0.3 is 11.5 Å². The number of azo groups is 2. The number of nitro groups is 1. The molecule has 0 saturated carbocycles. The molecule has 0 aliphatic carbocycles. The Labute approximate surface area is 296 Å². The molecule has 8 N–H and O–H groups in total. The molecule has 0 spiro atoms. The van der Waals surface area contributed by atoms with E-state index in [2.05, 4.69) is 41.5 Å². The number of non-ortho nitro benzene ring substituents is 1. The van der Waals surface area contributed by atoms with Crippen molar-refractivity contribution in [3.05, 3.63) is 132 Å². The van der Waals surface area contributed by atoms with Crippen molar-refractivity contribution in [3.63, 3.8) is 0 Å². The van der Waals surface area contributed by atoms with Gasteiger partial charge in [0.1, 0.15) is 21.6 Å². The van der Waals surface area contributed by atoms with Crippen molar-refractivity contribution in [2.45, 2.75) is 9.79 Å². The summed E-state index contributed by atoms with van der Waals surface area (Å²) in [6, 6.07) is 17.9. The van der Waals surface area contributed by atoms with Crippen LogP contribution in [0.5, 0.6) is 0 Å². The highest BCUT2D eigenvalue weighted by Crippen LogP contribution is 2.36. The fraction of sp³-hybridized carbons (Fsp3) is 0. The largest absolute Gasteiger partial charge is 0.397 e. The lowest BCUT2D eigenvalue weighted by Crippen LogP contribution is -2.48. The van der Waals surface area contributed by atoms with Crippen molar-refractivity contribution in [1.29, 1.82) is 0 Å². The molecule has 0 radical (unpaired) electrons. The van der Waals surface area contributed by atoms with Crippen LogP contribution in [0.3, 0.4) is 0 Å². The molecular weight excluding hydrogens is 739 g/mol. The van der Waals surface area contributed by atoms with Crippen molar-refractivity contribution in [1.82, 2.24) is 0 Å². The predicted octanol–water partition coefficient (Wildman–Crippen LogP) is 3.54. The van der Waals surface area contributed by atoms with Crippen LogP contribution in [-0.4, -0.2) is 30.9 Å². The third kappa shape index (κ3) is 9.18. The fourth-order valence-corrected chi connectivity index (χ4v) is 5.38. The Morgan fingerprint density at radius 1 is 0.679 bits per heavy atom. The van der Waals surface area contributed by atoms with E-state index in [1.165, 1.54) is 48.5 Å². The summed E-state index contributed by atoms with van der Waals surface area (Å²) in [5.41, 5.74) is 14.9. The van der Waals surface area contributed by atoms with Crippen molar-refractivity contribution in [3.8, 4) is 0 Å². The second-order valence-corrected chi connectivity index (χ2v) is 13.3. The minimum absolute atomic E-state index is 0.0211. The quantitative estimate of drug-likeness (QED) is 0.0369. The maximum Gasteiger partial charge on any atom is 0.296 e. The summed E-state index contributed by atoms with van der Waals surface area (Å²) in [4.78, 5) is 34.7. The summed E-state index contributed by atoms with van der Waals surface area (Å²) < 4.78 is 66.1. The number of nitrogens with two attached hydrogens (primary N) is 2. The number of hydrogen-bond acceptors (Lipinski definition) is 18. The highest BCUT2D eigenvalue weighted by atomic mass is 32.2. The maximum atomic E-state index is 13.0. The van der Waals surface area contributed by atoms with Gasteiger partial charge in [-0.05, 0) is 72.8 Å². The Morgan fingerprint density at radius 2 is 1.32 bits per heavy atom. The molecule has 21 nitrogen and oxygen atoms in total. The molecule has 0 heterocycles. The van der Waals surface area contributed by atoms with Gasteiger partial charge in [0.25, 0.3) is 25.9 Å². The number of anilines is 4. The summed E-state index contributed by atoms with van der Waals surface area (Å²) in [6.45, 7) is 0. The molecule has 0 saturated heterocycles. The number of nitro benzene ring substituents is 1. The van der Waals surface area contributed by atoms with Gasteiger partial charge in [0.05, 0.1) is 43.9 Å². The van der Waals surface area contributed by atoms with Gasteiger partial charge in [-0.25, -0.2) is 0 Å². The smallest absolute Gasteiger partial charge is 0.296 e. The average molecular weight is 762 g/mol. The normalized spacial score (nSPS) is 12.8. The Balaban J connectivity index is 1.44. The van der Waals surface area contributed by atoms with Gasteiger partial charge >= 0.3 is 0 Å². The molecule has 270 valence electrons. The molecular formula is C30H23N11O10S2. The number of rotatable bonds is 11. The van der Waals surface area contributed by atoms with Gasteiger partial charge in [-0.2, -0.15) is 37.3 Å². The molecule has 0 amide bonds. The first-order chi connectivity index (χ1) is 25.0. The third-order valence-electron chi connectivity index (χ3n) is 6.82. The number of nitrogen functional groups attached to an aromatic ring is 2. The molecule has 23 heteroatoms. The van der Waals surface area contributed by atoms with E-state index in [9.17, 15) is 45.6 Å². The van der Waals surface area contributed by atoms with Crippen molar-refractivity contribution in [2.24, 2.45) is 30.7 Å². The van der Waals surface area contributed by atoms with Crippen LogP contribution in [-0.2, 0) is 20.2 Å². The average Bonchev–Trinajstić information content (AvgIpc) is 3.10. The van der Waals surface area contributed by atoms with Crippen molar-refractivity contribution >= 4 is 71.4 Å². The predicted molar refractivity (Wildman–Crippen MR) is 189 cm³/mol. The zero-order valence-electron chi connectivity index (χ0n) is 26.4. The van der Waals surface area contributed by atoms with E-state index in [1.54, 1.807) is 0 Å². The Kier molecular flexibility index (Phi) is 10.5. The van der Waals surface area contributed by atoms with Crippen molar-refractivity contribution in [2.75, 3.05) is 22.3 Å². The molecule has 0 aliphatic heterocycles. The number of nitrogens with one attached hydrogen (secondary N) is 2. The zero-order valence-corrected chi connectivity index (χ0v) is 28.1. The molecule has 0 unspecified atom stereocenters. The summed E-state index contributed by atoms with van der Waals surface area (Å²) in [5, 5.41) is 33.5. The topological polar surface area (TPSA) is 336 Å². The minimum Gasteiger partial charge on any atom is -0.397 e. The molecule has 0 atom stereocenters. The summed E-state index contributed by atoms with van der Waals surface area (Å²) in [7, 11) is -9.37. The number of hydrogen-bond donors (Lipinski definition) is 6. The molecule has 53 heavy (non-hydrogen) atoms. The van der Waals surface area contributed by atoms with Crippen LogP contribution in [0.15, 0.2) is 141 Å². The van der Waals surface area contributed by atoms with E-state index in [-0.39, 0.29) is 50.9 Å². The van der Waals surface area contributed by atoms with E-state index in [0.717, 1.165) is 42.5 Å². The molecule has 0 aromatic heterocycles. The monoisotopic (exact) mass is 761 g/mol. The number of benzene rings is 5. The molecule has 0 bridgehead atoms. The highest BCUT2D eigenvalue weighted by molar-refractivity contribution is 7.86. The van der Waals surface area contributed by atoms with Crippen LogP contribution in [0.4, 0.5) is 51.2 Å². The second-order valence-electron chi connectivity index (χ2n) is 10.5. The third-order valence-corrected chi connectivity index (χ3v) is 8.59. The standard InChI is InChI=1S/C30H23N11O10S2/c31-21-14-22(32)25(15-24(21)37-34-17-2-1-3-20(12-17)52(46,47)48)38-35-18-6-11-28(53(49,50)51)26(13-18)39-40-29-27(42)10-9-23(30(29)43)36-33-16-4-7-19(8-5-16)41(44)45/h1-15,33,39H,31-32H2,(H,46,47,48)(H,49,50,51)/b36-23-,37-34?,38-35?,40-29+. The Hall–Kier alpha value is -7.08. The Bertz CT molecular complexity index is 2790. The summed E-state index contributed by atoms with van der Waals surface area (Å²) in [5.74, 6) is 0. The Morgan fingerprint density at radius 3 is 1.92 bits per heavy atom. The van der Waals surface area contributed by atoms with E-state index in [0.29, 0.717) is 0 Å². The van der Waals surface area contributed by atoms with E-state index >= 15 is 0 Å². The maximum absolute atomic E-state index is 13.0. The van der Waals surface area contributed by atoms with Crippen LogP contribution in [0.2, 0.25) is 0 Å². The van der Waals surface area contributed by atoms with E-state index in [4.69, 9.17) is 11.5 Å². The highest BCUT2D eigenvalue weighted by Gasteiger charge is 2.17. The number of nitrogens with zero attached hydrogens (tertiary/aromatic N) is 7. The molecule has 5 rings (SSSR count). The zero-order chi connectivity index (χ0) is 38.5. The minimum atomic E-state index is -4.88. The van der Waals surface area contributed by atoms with Gasteiger partial charge in [-0.3, -0.25) is 39.7 Å². The molecule has 5 aromatic carbocycles. The van der Waals surface area contributed by atoms with E-state index in [1.807, 2.05) is 0 Å². The first-order valence-corrected chi connectivity index (χ1v) is 17.3. The van der Waals surface area contributed by atoms with Gasteiger partial charge in [-0.15, -0.1) is 10.2 Å². The lowest BCUT2D eigenvalue weighted by Gasteiger charge is -2.07. The lowest BCUT2D eigenvalue weighted by atomic mass is 10.2. The molecule has 0 fully saturated rings.